The Balaban J connectivity index is 2.37. The molecule has 1 rings (SSSR count). The third-order valence-corrected chi connectivity index (χ3v) is 7.92. The summed E-state index contributed by atoms with van der Waals surface area (Å²) >= 11 is 2.11. The van der Waals surface area contributed by atoms with Crippen LogP contribution in [0.15, 0.2) is 39.4 Å². The molecular weight excluding hydrogens is 376 g/mol. The van der Waals surface area contributed by atoms with Gasteiger partial charge in [-0.2, -0.15) is 0 Å². The van der Waals surface area contributed by atoms with E-state index in [1.165, 1.54) is 48.6 Å². The van der Waals surface area contributed by atoms with Gasteiger partial charge in [-0.25, -0.2) is 0 Å². The number of rotatable bonds is 11. The van der Waals surface area contributed by atoms with Crippen molar-refractivity contribution in [1.29, 1.82) is 0 Å². The fraction of sp³-hybridized carbons (Fsp3) is 0.556. The molecule has 0 radical (unpaired) electrons. The minimum absolute atomic E-state index is 0.108. The number of thioether (sulfide) groups is 1. The molecule has 0 amide bonds. The van der Waals surface area contributed by atoms with Crippen molar-refractivity contribution in [3.8, 4) is 0 Å². The molecule has 0 heterocycles. The fourth-order valence-electron chi connectivity index (χ4n) is 1.87. The Labute approximate surface area is 139 Å². The molecule has 0 aliphatic heterocycles. The van der Waals surface area contributed by atoms with Crippen LogP contribution in [0.3, 0.4) is 0 Å². The molecule has 0 nitrogen and oxygen atoms in total. The summed E-state index contributed by atoms with van der Waals surface area (Å²) in [7, 11) is 0. The topological polar surface area (TPSA) is 0 Å². The van der Waals surface area contributed by atoms with Crippen molar-refractivity contribution < 1.29 is 0 Å². The molecule has 1 aromatic carbocycles. The molecular formula is C18H28STe. The number of unbranched alkanes of at least 4 members (excludes halogenated alkanes) is 3. The zero-order chi connectivity index (χ0) is 14.5. The van der Waals surface area contributed by atoms with Gasteiger partial charge in [0, 0.05) is 0 Å². The maximum absolute atomic E-state index is 2.50. The summed E-state index contributed by atoms with van der Waals surface area (Å²) in [5.74, 6) is 1.12. The van der Waals surface area contributed by atoms with Gasteiger partial charge in [0.2, 0.25) is 0 Å². The molecule has 0 aliphatic rings. The molecule has 1 aromatic rings. The molecule has 0 atom stereocenters. The van der Waals surface area contributed by atoms with Gasteiger partial charge in [0.25, 0.3) is 0 Å². The van der Waals surface area contributed by atoms with Gasteiger partial charge in [0.1, 0.15) is 0 Å². The van der Waals surface area contributed by atoms with Crippen molar-refractivity contribution in [2.24, 2.45) is 0 Å². The van der Waals surface area contributed by atoms with Crippen LogP contribution < -0.4 is 0 Å². The minimum atomic E-state index is 0.108. The third kappa shape index (κ3) is 9.11. The second-order valence-electron chi connectivity index (χ2n) is 5.04. The average Bonchev–Trinajstić information content (AvgIpc) is 2.48. The van der Waals surface area contributed by atoms with Crippen molar-refractivity contribution in [1.82, 2.24) is 0 Å². The summed E-state index contributed by atoms with van der Waals surface area (Å²) in [5.41, 5.74) is 1.44. The Hall–Kier alpha value is 0.0996. The van der Waals surface area contributed by atoms with Crippen LogP contribution in [0.5, 0.6) is 0 Å². The van der Waals surface area contributed by atoms with Gasteiger partial charge < -0.3 is 0 Å². The van der Waals surface area contributed by atoms with E-state index in [-0.39, 0.29) is 20.9 Å². The molecule has 0 spiro atoms. The van der Waals surface area contributed by atoms with E-state index >= 15 is 0 Å². The van der Waals surface area contributed by atoms with Gasteiger partial charge in [-0.3, -0.25) is 0 Å². The molecule has 0 aliphatic carbocycles. The van der Waals surface area contributed by atoms with E-state index < -0.39 is 0 Å². The molecule has 20 heavy (non-hydrogen) atoms. The van der Waals surface area contributed by atoms with Crippen LogP contribution in [0.4, 0.5) is 0 Å². The molecule has 2 heteroatoms. The van der Waals surface area contributed by atoms with Crippen LogP contribution in [-0.4, -0.2) is 20.9 Å². The number of hydrogen-bond acceptors (Lipinski definition) is 1. The summed E-state index contributed by atoms with van der Waals surface area (Å²) in [6.07, 6.45) is 8.26. The molecule has 0 N–H and O–H groups in total. The standard InChI is InChI=1S/C18H28STe/c1-3-5-8-13-18(20-14-6-4-2)16-19-15-17-11-9-7-10-12-17/h7,9-12,16H,3-6,8,13-15H2,1-2H3/b18-16-. The van der Waals surface area contributed by atoms with Crippen molar-refractivity contribution in [2.45, 2.75) is 62.6 Å². The molecule has 0 unspecified atom stereocenters. The summed E-state index contributed by atoms with van der Waals surface area (Å²) in [6, 6.07) is 10.8. The van der Waals surface area contributed by atoms with E-state index in [1.807, 2.05) is 11.8 Å². The number of allylic oxidation sites excluding steroid dienone is 1. The van der Waals surface area contributed by atoms with Crippen molar-refractivity contribution in [3.05, 3.63) is 44.9 Å². The van der Waals surface area contributed by atoms with E-state index in [2.05, 4.69) is 49.6 Å². The van der Waals surface area contributed by atoms with Gasteiger partial charge >= 0.3 is 140 Å². The first-order chi connectivity index (χ1) is 9.86. The Bertz CT molecular complexity index is 347. The summed E-state index contributed by atoms with van der Waals surface area (Å²) in [5, 5.41) is 2.50. The summed E-state index contributed by atoms with van der Waals surface area (Å²) in [6.45, 7) is 4.60. The predicted molar refractivity (Wildman–Crippen MR) is 95.4 cm³/mol. The molecule has 0 saturated heterocycles. The van der Waals surface area contributed by atoms with Gasteiger partial charge in [-0.05, 0) is 0 Å². The van der Waals surface area contributed by atoms with Gasteiger partial charge in [0.05, 0.1) is 0 Å². The molecule has 0 aromatic heterocycles. The zero-order valence-electron chi connectivity index (χ0n) is 12.9. The van der Waals surface area contributed by atoms with Crippen LogP contribution in [0.2, 0.25) is 4.47 Å². The van der Waals surface area contributed by atoms with Crippen molar-refractivity contribution in [3.63, 3.8) is 0 Å². The SMILES string of the molecule is CCCCC/C(=C/SCc1ccccc1)[Te]CCCC. The number of hydrogen-bond donors (Lipinski definition) is 0. The summed E-state index contributed by atoms with van der Waals surface area (Å²) in [4.78, 5) is 0. The van der Waals surface area contributed by atoms with Gasteiger partial charge in [-0.1, -0.05) is 0 Å². The zero-order valence-corrected chi connectivity index (χ0v) is 16.1. The Morgan fingerprint density at radius 1 is 1.05 bits per heavy atom. The van der Waals surface area contributed by atoms with E-state index in [0.717, 1.165) is 5.75 Å². The average molecular weight is 404 g/mol. The first kappa shape index (κ1) is 18.1. The second-order valence-corrected chi connectivity index (χ2v) is 9.38. The first-order valence-electron chi connectivity index (χ1n) is 7.84. The molecule has 0 saturated carbocycles. The van der Waals surface area contributed by atoms with Crippen LogP contribution >= 0.6 is 11.8 Å². The predicted octanol–water partition coefficient (Wildman–Crippen LogP) is 6.26. The van der Waals surface area contributed by atoms with Crippen LogP contribution in [0.25, 0.3) is 0 Å². The Morgan fingerprint density at radius 3 is 2.50 bits per heavy atom. The van der Waals surface area contributed by atoms with E-state index in [4.69, 9.17) is 0 Å². The van der Waals surface area contributed by atoms with Crippen LogP contribution in [0.1, 0.15) is 57.9 Å². The third-order valence-electron chi connectivity index (χ3n) is 3.12. The van der Waals surface area contributed by atoms with Crippen molar-refractivity contribution >= 4 is 32.7 Å². The molecule has 0 bridgehead atoms. The van der Waals surface area contributed by atoms with Crippen LogP contribution in [0, 0.1) is 0 Å². The van der Waals surface area contributed by atoms with E-state index in [9.17, 15) is 0 Å². The van der Waals surface area contributed by atoms with Gasteiger partial charge in [-0.15, -0.1) is 0 Å². The Morgan fingerprint density at radius 2 is 1.80 bits per heavy atom. The Kier molecular flexibility index (Phi) is 11.6. The van der Waals surface area contributed by atoms with E-state index in [1.54, 1.807) is 3.62 Å². The first-order valence-corrected chi connectivity index (χ1v) is 11.7. The quantitative estimate of drug-likeness (QED) is 0.310. The van der Waals surface area contributed by atoms with Gasteiger partial charge in [0.15, 0.2) is 0 Å². The maximum atomic E-state index is 2.50. The summed E-state index contributed by atoms with van der Waals surface area (Å²) < 4.78 is 3.30. The van der Waals surface area contributed by atoms with E-state index in [0.29, 0.717) is 0 Å². The molecule has 112 valence electrons. The monoisotopic (exact) mass is 406 g/mol. The molecule has 0 fully saturated rings. The number of benzene rings is 1. The fourth-order valence-corrected chi connectivity index (χ4v) is 6.68. The van der Waals surface area contributed by atoms with Crippen LogP contribution in [-0.2, 0) is 5.75 Å². The normalized spacial score (nSPS) is 11.8. The van der Waals surface area contributed by atoms with Crippen molar-refractivity contribution in [2.75, 3.05) is 0 Å². The second kappa shape index (κ2) is 12.8.